The van der Waals surface area contributed by atoms with E-state index in [2.05, 4.69) is 11.6 Å². The summed E-state index contributed by atoms with van der Waals surface area (Å²) in [4.78, 5) is 15.6. The average Bonchev–Trinajstić information content (AvgIpc) is 2.67. The molecule has 7 heteroatoms. The van der Waals surface area contributed by atoms with Crippen LogP contribution in [0.4, 0.5) is 5.82 Å². The fourth-order valence-electron chi connectivity index (χ4n) is 2.06. The molecule has 0 aliphatic carbocycles. The molecular formula is C12H17N3O4. The van der Waals surface area contributed by atoms with Crippen molar-refractivity contribution in [1.82, 2.24) is 9.55 Å². The number of hydrogen-bond acceptors (Lipinski definition) is 6. The summed E-state index contributed by atoms with van der Waals surface area (Å²) in [6.45, 7) is 5.24. The van der Waals surface area contributed by atoms with Crippen molar-refractivity contribution >= 4 is 5.82 Å². The highest BCUT2D eigenvalue weighted by Gasteiger charge is 2.38. The third kappa shape index (κ3) is 2.27. The van der Waals surface area contributed by atoms with Gasteiger partial charge in [-0.1, -0.05) is 13.5 Å². The van der Waals surface area contributed by atoms with E-state index in [9.17, 15) is 9.90 Å². The van der Waals surface area contributed by atoms with Crippen molar-refractivity contribution in [3.05, 3.63) is 34.4 Å². The van der Waals surface area contributed by atoms with Crippen molar-refractivity contribution in [3.63, 3.8) is 0 Å². The van der Waals surface area contributed by atoms with E-state index in [1.54, 1.807) is 6.20 Å². The largest absolute Gasteiger partial charge is 0.394 e. The molecule has 2 rings (SSSR count). The van der Waals surface area contributed by atoms with Crippen LogP contribution in [-0.2, 0) is 11.2 Å². The summed E-state index contributed by atoms with van der Waals surface area (Å²) in [5.41, 5.74) is 6.08. The van der Waals surface area contributed by atoms with Crippen LogP contribution >= 0.6 is 0 Å². The first-order valence-corrected chi connectivity index (χ1v) is 6.00. The first kappa shape index (κ1) is 13.7. The number of hydrogen-bond donors (Lipinski definition) is 3. The lowest BCUT2D eigenvalue weighted by Gasteiger charge is -2.16. The molecule has 0 saturated carbocycles. The number of nitrogens with zero attached hydrogens (tertiary/aromatic N) is 2. The van der Waals surface area contributed by atoms with Crippen molar-refractivity contribution in [3.8, 4) is 0 Å². The normalized spacial score (nSPS) is 26.9. The third-order valence-corrected chi connectivity index (χ3v) is 3.23. The standard InChI is InChI=1S/C12H17N3O4/c1-3-7-4-15(12(18)14-10(7)13)11-6(2)9(17)8(5-16)19-11/h4,8-9,11,16-17H,2-3,5H2,1H3,(H2,13,14,18)/t8-,9-,11?/m1/s1. The number of ether oxygens (including phenoxy) is 1. The number of aliphatic hydroxyl groups excluding tert-OH is 2. The topological polar surface area (TPSA) is 111 Å². The van der Waals surface area contributed by atoms with E-state index in [-0.39, 0.29) is 12.4 Å². The maximum Gasteiger partial charge on any atom is 0.351 e. The van der Waals surface area contributed by atoms with Crippen LogP contribution in [0.1, 0.15) is 18.7 Å². The summed E-state index contributed by atoms with van der Waals surface area (Å²) in [7, 11) is 0. The Morgan fingerprint density at radius 1 is 1.63 bits per heavy atom. The van der Waals surface area contributed by atoms with Gasteiger partial charge >= 0.3 is 5.69 Å². The van der Waals surface area contributed by atoms with Gasteiger partial charge in [0.05, 0.1) is 6.61 Å². The minimum absolute atomic E-state index is 0.187. The van der Waals surface area contributed by atoms with Crippen LogP contribution in [-0.4, -0.2) is 38.6 Å². The fourth-order valence-corrected chi connectivity index (χ4v) is 2.06. The third-order valence-electron chi connectivity index (χ3n) is 3.23. The number of aliphatic hydroxyl groups is 2. The monoisotopic (exact) mass is 267 g/mol. The number of nitrogens with two attached hydrogens (primary N) is 1. The highest BCUT2D eigenvalue weighted by atomic mass is 16.5. The summed E-state index contributed by atoms with van der Waals surface area (Å²) in [5.74, 6) is 0.187. The Balaban J connectivity index is 2.43. The first-order valence-electron chi connectivity index (χ1n) is 6.00. The summed E-state index contributed by atoms with van der Waals surface area (Å²) in [6.07, 6.45) is -0.466. The van der Waals surface area contributed by atoms with Crippen molar-refractivity contribution in [2.75, 3.05) is 12.3 Å². The van der Waals surface area contributed by atoms with Crippen LogP contribution in [0, 0.1) is 0 Å². The van der Waals surface area contributed by atoms with Crippen LogP contribution in [0.3, 0.4) is 0 Å². The van der Waals surface area contributed by atoms with Gasteiger partial charge in [-0.25, -0.2) is 4.79 Å². The van der Waals surface area contributed by atoms with E-state index in [0.717, 1.165) is 0 Å². The van der Waals surface area contributed by atoms with Gasteiger partial charge < -0.3 is 20.7 Å². The highest BCUT2D eigenvalue weighted by molar-refractivity contribution is 5.37. The van der Waals surface area contributed by atoms with Gasteiger partial charge in [-0.2, -0.15) is 4.98 Å². The Kier molecular flexibility index (Phi) is 3.70. The SMILES string of the molecule is C=C1C(n2cc(CC)c(N)nc2=O)O[C@H](CO)[C@@H]1O. The zero-order valence-corrected chi connectivity index (χ0v) is 10.6. The molecule has 19 heavy (non-hydrogen) atoms. The van der Waals surface area contributed by atoms with Crippen LogP contribution in [0.25, 0.3) is 0 Å². The average molecular weight is 267 g/mol. The maximum atomic E-state index is 11.8. The lowest BCUT2D eigenvalue weighted by atomic mass is 10.1. The lowest BCUT2D eigenvalue weighted by molar-refractivity contribution is -0.0447. The minimum Gasteiger partial charge on any atom is -0.394 e. The Bertz CT molecular complexity index is 554. The van der Waals surface area contributed by atoms with Gasteiger partial charge in [0.1, 0.15) is 18.0 Å². The van der Waals surface area contributed by atoms with Crippen LogP contribution in [0.5, 0.6) is 0 Å². The molecule has 0 radical (unpaired) electrons. The molecule has 1 saturated heterocycles. The molecule has 1 aliphatic rings. The molecule has 1 aromatic rings. The second-order valence-corrected chi connectivity index (χ2v) is 4.42. The van der Waals surface area contributed by atoms with Gasteiger partial charge in [0.2, 0.25) is 0 Å². The summed E-state index contributed by atoms with van der Waals surface area (Å²) < 4.78 is 6.66. The molecule has 0 bridgehead atoms. The second-order valence-electron chi connectivity index (χ2n) is 4.42. The molecule has 3 atom stereocenters. The van der Waals surface area contributed by atoms with Crippen molar-refractivity contribution in [2.24, 2.45) is 0 Å². The van der Waals surface area contributed by atoms with E-state index in [1.807, 2.05) is 6.92 Å². The van der Waals surface area contributed by atoms with Crippen LogP contribution < -0.4 is 11.4 Å². The quantitative estimate of drug-likeness (QED) is 0.618. The zero-order chi connectivity index (χ0) is 14.2. The second kappa shape index (κ2) is 5.12. The predicted molar refractivity (Wildman–Crippen MR) is 68.4 cm³/mol. The Hall–Kier alpha value is -1.70. The summed E-state index contributed by atoms with van der Waals surface area (Å²) in [5, 5.41) is 18.9. The first-order chi connectivity index (χ1) is 8.99. The summed E-state index contributed by atoms with van der Waals surface area (Å²) in [6, 6.07) is 0. The molecule has 1 fully saturated rings. The smallest absolute Gasteiger partial charge is 0.351 e. The fraction of sp³-hybridized carbons (Fsp3) is 0.500. The summed E-state index contributed by atoms with van der Waals surface area (Å²) >= 11 is 0. The van der Waals surface area contributed by atoms with E-state index in [1.165, 1.54) is 4.57 Å². The highest BCUT2D eigenvalue weighted by Crippen LogP contribution is 2.32. The van der Waals surface area contributed by atoms with Gasteiger partial charge in [0.15, 0.2) is 6.23 Å². The molecular weight excluding hydrogens is 250 g/mol. The minimum atomic E-state index is -1.01. The zero-order valence-electron chi connectivity index (χ0n) is 10.6. The molecule has 7 nitrogen and oxygen atoms in total. The van der Waals surface area contributed by atoms with Crippen molar-refractivity contribution in [1.29, 1.82) is 0 Å². The van der Waals surface area contributed by atoms with Gasteiger partial charge in [-0.05, 0) is 6.42 Å². The van der Waals surface area contributed by atoms with Crippen molar-refractivity contribution < 1.29 is 14.9 Å². The van der Waals surface area contributed by atoms with Crippen LogP contribution in [0.15, 0.2) is 23.1 Å². The Labute approximate surface area is 110 Å². The van der Waals surface area contributed by atoms with E-state index in [0.29, 0.717) is 17.6 Å². The van der Waals surface area contributed by atoms with E-state index in [4.69, 9.17) is 15.6 Å². The van der Waals surface area contributed by atoms with Crippen LogP contribution in [0.2, 0.25) is 0 Å². The molecule has 1 aromatic heterocycles. The molecule has 0 amide bonds. The number of aromatic nitrogens is 2. The molecule has 1 unspecified atom stereocenters. The lowest BCUT2D eigenvalue weighted by Crippen LogP contribution is -2.29. The van der Waals surface area contributed by atoms with E-state index < -0.39 is 24.1 Å². The van der Waals surface area contributed by atoms with Gasteiger partial charge in [-0.3, -0.25) is 4.57 Å². The number of rotatable bonds is 3. The number of aryl methyl sites for hydroxylation is 1. The predicted octanol–water partition coefficient (Wildman–Crippen LogP) is -0.805. The molecule has 0 aromatic carbocycles. The Morgan fingerprint density at radius 3 is 2.84 bits per heavy atom. The Morgan fingerprint density at radius 2 is 2.32 bits per heavy atom. The molecule has 0 spiro atoms. The molecule has 1 aliphatic heterocycles. The number of nitrogen functional groups attached to an aromatic ring is 1. The van der Waals surface area contributed by atoms with Gasteiger partial charge in [0, 0.05) is 17.3 Å². The van der Waals surface area contributed by atoms with Crippen molar-refractivity contribution in [2.45, 2.75) is 31.8 Å². The molecule has 2 heterocycles. The van der Waals surface area contributed by atoms with Gasteiger partial charge in [-0.15, -0.1) is 0 Å². The van der Waals surface area contributed by atoms with E-state index >= 15 is 0 Å². The maximum absolute atomic E-state index is 11.8. The molecule has 4 N–H and O–H groups in total. The molecule has 104 valence electrons. The number of anilines is 1. The van der Waals surface area contributed by atoms with Gasteiger partial charge in [0.25, 0.3) is 0 Å².